The number of anilines is 1. The van der Waals surface area contributed by atoms with Crippen molar-refractivity contribution in [3.05, 3.63) is 29.3 Å². The Balaban J connectivity index is 0.00000264. The minimum Gasteiger partial charge on any atom is -0.326 e. The molecule has 6 heteroatoms. The molecule has 4 nitrogen and oxygen atoms in total. The van der Waals surface area contributed by atoms with E-state index in [0.717, 1.165) is 38.3 Å². The quantitative estimate of drug-likeness (QED) is 0.782. The minimum atomic E-state index is 0. The van der Waals surface area contributed by atoms with Gasteiger partial charge in [0.25, 0.3) is 0 Å². The Morgan fingerprint density at radius 1 is 1.35 bits per heavy atom. The van der Waals surface area contributed by atoms with E-state index < -0.39 is 0 Å². The third kappa shape index (κ3) is 7.08. The summed E-state index contributed by atoms with van der Waals surface area (Å²) in [4.78, 5) is 14.6. The monoisotopic (exact) mass is 359 g/mol. The summed E-state index contributed by atoms with van der Waals surface area (Å²) in [5, 5.41) is 6.96. The highest BCUT2D eigenvalue weighted by atomic mass is 35.5. The molecular weight excluding hydrogens is 333 g/mol. The Hall–Kier alpha value is -0.810. The van der Waals surface area contributed by atoms with Crippen molar-refractivity contribution in [2.24, 2.45) is 0 Å². The van der Waals surface area contributed by atoms with Crippen LogP contribution in [0.15, 0.2) is 24.3 Å². The number of halogens is 2. The molecule has 0 radical (unpaired) electrons. The van der Waals surface area contributed by atoms with Crippen LogP contribution in [0.2, 0.25) is 5.02 Å². The van der Waals surface area contributed by atoms with Gasteiger partial charge in [0.1, 0.15) is 0 Å². The summed E-state index contributed by atoms with van der Waals surface area (Å²) in [6.07, 6.45) is 4.00. The van der Waals surface area contributed by atoms with E-state index in [4.69, 9.17) is 11.6 Å². The molecule has 1 saturated heterocycles. The lowest BCUT2D eigenvalue weighted by Crippen LogP contribution is -2.44. The summed E-state index contributed by atoms with van der Waals surface area (Å²) in [5.74, 6) is 0.0531. The van der Waals surface area contributed by atoms with Crippen molar-refractivity contribution in [3.63, 3.8) is 0 Å². The minimum absolute atomic E-state index is 0. The molecule has 23 heavy (non-hydrogen) atoms. The summed E-state index contributed by atoms with van der Waals surface area (Å²) < 4.78 is 0. The zero-order valence-electron chi connectivity index (χ0n) is 13.7. The Bertz CT molecular complexity index is 479. The van der Waals surface area contributed by atoms with E-state index in [1.54, 1.807) is 12.1 Å². The van der Waals surface area contributed by atoms with Gasteiger partial charge in [-0.3, -0.25) is 9.69 Å². The molecule has 1 heterocycles. The number of carbonyl (C=O) groups is 1. The maximum atomic E-state index is 12.1. The van der Waals surface area contributed by atoms with Gasteiger partial charge >= 0.3 is 0 Å². The molecule has 0 aliphatic carbocycles. The molecule has 0 atom stereocenters. The summed E-state index contributed by atoms with van der Waals surface area (Å²) in [6.45, 7) is 6.25. The largest absolute Gasteiger partial charge is 0.326 e. The topological polar surface area (TPSA) is 44.4 Å². The molecule has 0 bridgehead atoms. The molecule has 1 aliphatic rings. The summed E-state index contributed by atoms with van der Waals surface area (Å²) in [6, 6.07) is 7.89. The average molecular weight is 360 g/mol. The van der Waals surface area contributed by atoms with Crippen molar-refractivity contribution < 1.29 is 4.79 Å². The molecule has 0 unspecified atom stereocenters. The number of benzene rings is 1. The molecule has 1 fully saturated rings. The second-order valence-corrected chi connectivity index (χ2v) is 6.26. The SMILES string of the molecule is CCCN(CCC(=O)Nc1cccc(Cl)c1)C1CCNCC1.Cl. The highest BCUT2D eigenvalue weighted by Crippen LogP contribution is 2.16. The Kier molecular flexibility index (Phi) is 9.56. The number of nitrogens with zero attached hydrogens (tertiary/aromatic N) is 1. The first-order valence-corrected chi connectivity index (χ1v) is 8.57. The van der Waals surface area contributed by atoms with Gasteiger partial charge in [-0.25, -0.2) is 0 Å². The van der Waals surface area contributed by atoms with E-state index in [1.165, 1.54) is 12.8 Å². The van der Waals surface area contributed by atoms with Crippen LogP contribution in [0.4, 0.5) is 5.69 Å². The van der Waals surface area contributed by atoms with Crippen molar-refractivity contribution in [2.45, 2.75) is 38.6 Å². The maximum Gasteiger partial charge on any atom is 0.225 e. The van der Waals surface area contributed by atoms with Gasteiger partial charge in [0.15, 0.2) is 0 Å². The fraction of sp³-hybridized carbons (Fsp3) is 0.588. The highest BCUT2D eigenvalue weighted by molar-refractivity contribution is 6.30. The van der Waals surface area contributed by atoms with Crippen LogP contribution in [-0.2, 0) is 4.79 Å². The molecule has 1 amide bonds. The predicted molar refractivity (Wildman–Crippen MR) is 99.7 cm³/mol. The second kappa shape index (κ2) is 10.9. The molecule has 0 aromatic heterocycles. The molecule has 2 N–H and O–H groups in total. The lowest BCUT2D eigenvalue weighted by Gasteiger charge is -2.34. The van der Waals surface area contributed by atoms with Gasteiger partial charge in [0.2, 0.25) is 5.91 Å². The standard InChI is InChI=1S/C17H26ClN3O.ClH/c1-2-11-21(16-6-9-19-10-7-16)12-8-17(22)20-15-5-3-4-14(18)13-15;/h3-5,13,16,19H,2,6-12H2,1H3,(H,20,22);1H. The number of hydrogen-bond donors (Lipinski definition) is 2. The van der Waals surface area contributed by atoms with Crippen molar-refractivity contribution in [1.82, 2.24) is 10.2 Å². The molecule has 1 aromatic carbocycles. The van der Waals surface area contributed by atoms with Gasteiger partial charge in [-0.05, 0) is 57.1 Å². The lowest BCUT2D eigenvalue weighted by molar-refractivity contribution is -0.116. The van der Waals surface area contributed by atoms with Gasteiger partial charge in [0, 0.05) is 29.7 Å². The van der Waals surface area contributed by atoms with Crippen LogP contribution in [-0.4, -0.2) is 43.0 Å². The normalized spacial score (nSPS) is 15.3. The van der Waals surface area contributed by atoms with Crippen LogP contribution >= 0.6 is 24.0 Å². The van der Waals surface area contributed by atoms with E-state index in [-0.39, 0.29) is 18.3 Å². The van der Waals surface area contributed by atoms with E-state index in [9.17, 15) is 4.79 Å². The number of piperidine rings is 1. The van der Waals surface area contributed by atoms with Gasteiger partial charge in [-0.1, -0.05) is 24.6 Å². The lowest BCUT2D eigenvalue weighted by atomic mass is 10.0. The molecule has 130 valence electrons. The smallest absolute Gasteiger partial charge is 0.225 e. The summed E-state index contributed by atoms with van der Waals surface area (Å²) in [5.41, 5.74) is 0.765. The third-order valence-electron chi connectivity index (χ3n) is 4.07. The van der Waals surface area contributed by atoms with Crippen LogP contribution in [0, 0.1) is 0 Å². The van der Waals surface area contributed by atoms with Crippen LogP contribution in [0.25, 0.3) is 0 Å². The van der Waals surface area contributed by atoms with Crippen LogP contribution < -0.4 is 10.6 Å². The molecule has 2 rings (SSSR count). The fourth-order valence-corrected chi connectivity index (χ4v) is 3.16. The fourth-order valence-electron chi connectivity index (χ4n) is 2.97. The third-order valence-corrected chi connectivity index (χ3v) is 4.31. The summed E-state index contributed by atoms with van der Waals surface area (Å²) >= 11 is 5.93. The molecule has 0 saturated carbocycles. The maximum absolute atomic E-state index is 12.1. The van der Waals surface area contributed by atoms with Gasteiger partial charge in [0.05, 0.1) is 0 Å². The first-order valence-electron chi connectivity index (χ1n) is 8.19. The number of nitrogens with one attached hydrogen (secondary N) is 2. The van der Waals surface area contributed by atoms with E-state index >= 15 is 0 Å². The first-order chi connectivity index (χ1) is 10.7. The first kappa shape index (κ1) is 20.2. The Morgan fingerprint density at radius 2 is 2.09 bits per heavy atom. The van der Waals surface area contributed by atoms with Gasteiger partial charge in [-0.15, -0.1) is 12.4 Å². The van der Waals surface area contributed by atoms with Gasteiger partial charge in [-0.2, -0.15) is 0 Å². The molecule has 0 spiro atoms. The Labute approximate surface area is 150 Å². The zero-order chi connectivity index (χ0) is 15.8. The van der Waals surface area contributed by atoms with E-state index in [2.05, 4.69) is 22.5 Å². The van der Waals surface area contributed by atoms with Crippen molar-refractivity contribution >= 4 is 35.6 Å². The number of hydrogen-bond acceptors (Lipinski definition) is 3. The average Bonchev–Trinajstić information content (AvgIpc) is 2.52. The number of amides is 1. The second-order valence-electron chi connectivity index (χ2n) is 5.83. The number of carbonyl (C=O) groups excluding carboxylic acids is 1. The zero-order valence-corrected chi connectivity index (χ0v) is 15.3. The van der Waals surface area contributed by atoms with E-state index in [1.807, 2.05) is 12.1 Å². The van der Waals surface area contributed by atoms with Gasteiger partial charge < -0.3 is 10.6 Å². The van der Waals surface area contributed by atoms with Crippen LogP contribution in [0.5, 0.6) is 0 Å². The van der Waals surface area contributed by atoms with Crippen LogP contribution in [0.1, 0.15) is 32.6 Å². The number of rotatable bonds is 7. The predicted octanol–water partition coefficient (Wildman–Crippen LogP) is 3.55. The van der Waals surface area contributed by atoms with Crippen molar-refractivity contribution in [2.75, 3.05) is 31.5 Å². The Morgan fingerprint density at radius 3 is 2.74 bits per heavy atom. The van der Waals surface area contributed by atoms with E-state index in [0.29, 0.717) is 17.5 Å². The van der Waals surface area contributed by atoms with Crippen molar-refractivity contribution in [3.8, 4) is 0 Å². The molecule has 1 aliphatic heterocycles. The molecule has 1 aromatic rings. The summed E-state index contributed by atoms with van der Waals surface area (Å²) in [7, 11) is 0. The van der Waals surface area contributed by atoms with Crippen LogP contribution in [0.3, 0.4) is 0 Å². The van der Waals surface area contributed by atoms with Crippen molar-refractivity contribution in [1.29, 1.82) is 0 Å². The molecular formula is C17H27Cl2N3O. The highest BCUT2D eigenvalue weighted by Gasteiger charge is 2.20.